The molecule has 2 aromatic rings. The van der Waals surface area contributed by atoms with Crippen LogP contribution in [0.15, 0.2) is 36.7 Å². The van der Waals surface area contributed by atoms with E-state index in [-0.39, 0.29) is 11.9 Å². The van der Waals surface area contributed by atoms with E-state index in [1.807, 2.05) is 31.2 Å². The predicted molar refractivity (Wildman–Crippen MR) is 88.1 cm³/mol. The summed E-state index contributed by atoms with van der Waals surface area (Å²) in [5.74, 6) is 1.14. The van der Waals surface area contributed by atoms with Crippen molar-refractivity contribution in [3.8, 4) is 5.75 Å². The summed E-state index contributed by atoms with van der Waals surface area (Å²) in [4.78, 5) is 12.3. The molecule has 1 N–H and O–H groups in total. The first kappa shape index (κ1) is 17.0. The molecular weight excluding hydrogens is 292 g/mol. The van der Waals surface area contributed by atoms with Gasteiger partial charge in [-0.1, -0.05) is 31.2 Å². The van der Waals surface area contributed by atoms with Crippen LogP contribution in [0.25, 0.3) is 0 Å². The first-order valence-corrected chi connectivity index (χ1v) is 7.93. The van der Waals surface area contributed by atoms with Crippen LogP contribution in [0, 0.1) is 5.92 Å². The highest BCUT2D eigenvalue weighted by Crippen LogP contribution is 2.13. The maximum absolute atomic E-state index is 12.3. The molecule has 23 heavy (non-hydrogen) atoms. The summed E-state index contributed by atoms with van der Waals surface area (Å²) < 4.78 is 7.14. The molecule has 124 valence electrons. The summed E-state index contributed by atoms with van der Waals surface area (Å²) in [6, 6.07) is 7.65. The van der Waals surface area contributed by atoms with Gasteiger partial charge in [-0.3, -0.25) is 9.48 Å². The van der Waals surface area contributed by atoms with E-state index >= 15 is 0 Å². The Bertz CT molecular complexity index is 594. The van der Waals surface area contributed by atoms with E-state index in [1.165, 1.54) is 0 Å². The number of amides is 1. The molecule has 0 aliphatic heterocycles. The number of nitrogens with zero attached hydrogens (tertiary/aromatic N) is 3. The maximum atomic E-state index is 12.3. The topological polar surface area (TPSA) is 69.0 Å². The van der Waals surface area contributed by atoms with Crippen molar-refractivity contribution in [1.29, 1.82) is 0 Å². The molecule has 6 nitrogen and oxygen atoms in total. The van der Waals surface area contributed by atoms with Crippen molar-refractivity contribution in [2.24, 2.45) is 5.92 Å². The highest BCUT2D eigenvalue weighted by atomic mass is 16.5. The first-order chi connectivity index (χ1) is 11.1. The van der Waals surface area contributed by atoms with E-state index in [0.717, 1.165) is 11.3 Å². The average molecular weight is 316 g/mol. The average Bonchev–Trinajstić information content (AvgIpc) is 3.02. The van der Waals surface area contributed by atoms with Crippen LogP contribution < -0.4 is 10.1 Å². The summed E-state index contributed by atoms with van der Waals surface area (Å²) in [5, 5.41) is 10.8. The van der Waals surface area contributed by atoms with E-state index in [9.17, 15) is 4.79 Å². The molecule has 0 fully saturated rings. The molecule has 0 unspecified atom stereocenters. The van der Waals surface area contributed by atoms with Crippen molar-refractivity contribution >= 4 is 5.91 Å². The van der Waals surface area contributed by atoms with Gasteiger partial charge in [0.1, 0.15) is 5.75 Å². The van der Waals surface area contributed by atoms with Crippen molar-refractivity contribution < 1.29 is 9.53 Å². The van der Waals surface area contributed by atoms with Crippen molar-refractivity contribution in [3.05, 3.63) is 42.2 Å². The standard InChI is InChI=1S/C17H24N4O2/c1-4-23-15-7-5-14(6-8-15)11-17(22)19-16(13(2)3)12-21-10-9-18-20-21/h5-10,13,16H,4,11-12H2,1-3H3,(H,19,22)/t16-/m0/s1. The number of benzene rings is 1. The highest BCUT2D eigenvalue weighted by Gasteiger charge is 2.17. The molecule has 1 aromatic heterocycles. The lowest BCUT2D eigenvalue weighted by Gasteiger charge is -2.22. The second-order valence-electron chi connectivity index (χ2n) is 5.80. The van der Waals surface area contributed by atoms with Crippen LogP contribution in [0.4, 0.5) is 0 Å². The Labute approximate surface area is 136 Å². The minimum absolute atomic E-state index is 0.00738. The van der Waals surface area contributed by atoms with Gasteiger partial charge >= 0.3 is 0 Å². The summed E-state index contributed by atoms with van der Waals surface area (Å²) in [6.45, 7) is 7.37. The van der Waals surface area contributed by atoms with Crippen molar-refractivity contribution in [2.45, 2.75) is 39.8 Å². The third-order valence-corrected chi connectivity index (χ3v) is 3.61. The van der Waals surface area contributed by atoms with E-state index in [1.54, 1.807) is 17.1 Å². The first-order valence-electron chi connectivity index (χ1n) is 7.93. The van der Waals surface area contributed by atoms with Crippen LogP contribution in [-0.2, 0) is 17.8 Å². The van der Waals surface area contributed by atoms with Gasteiger partial charge in [0.05, 0.1) is 31.8 Å². The second kappa shape index (κ2) is 8.31. The smallest absolute Gasteiger partial charge is 0.224 e. The third kappa shape index (κ3) is 5.39. The fourth-order valence-corrected chi connectivity index (χ4v) is 2.27. The minimum atomic E-state index is 0.00738. The van der Waals surface area contributed by atoms with Gasteiger partial charge < -0.3 is 10.1 Å². The van der Waals surface area contributed by atoms with E-state index < -0.39 is 0 Å². The molecule has 0 spiro atoms. The van der Waals surface area contributed by atoms with Gasteiger partial charge in [0.25, 0.3) is 0 Å². The van der Waals surface area contributed by atoms with E-state index in [2.05, 4.69) is 29.5 Å². The fraction of sp³-hybridized carbons (Fsp3) is 0.471. The molecule has 0 saturated carbocycles. The Morgan fingerprint density at radius 1 is 1.30 bits per heavy atom. The van der Waals surface area contributed by atoms with Crippen LogP contribution in [0.2, 0.25) is 0 Å². The van der Waals surface area contributed by atoms with Gasteiger partial charge in [-0.25, -0.2) is 0 Å². The minimum Gasteiger partial charge on any atom is -0.494 e. The van der Waals surface area contributed by atoms with Crippen molar-refractivity contribution in [1.82, 2.24) is 20.3 Å². The fourth-order valence-electron chi connectivity index (χ4n) is 2.27. The number of ether oxygens (including phenoxy) is 1. The quantitative estimate of drug-likeness (QED) is 0.809. The largest absolute Gasteiger partial charge is 0.494 e. The molecule has 0 saturated heterocycles. The number of carbonyl (C=O) groups excluding carboxylic acids is 1. The summed E-state index contributed by atoms with van der Waals surface area (Å²) >= 11 is 0. The molecule has 2 rings (SSSR count). The third-order valence-electron chi connectivity index (χ3n) is 3.61. The van der Waals surface area contributed by atoms with Gasteiger partial charge in [-0.2, -0.15) is 0 Å². The van der Waals surface area contributed by atoms with Gasteiger partial charge in [-0.05, 0) is 30.5 Å². The summed E-state index contributed by atoms with van der Waals surface area (Å²) in [7, 11) is 0. The number of hydrogen-bond acceptors (Lipinski definition) is 4. The normalized spacial score (nSPS) is 12.2. The van der Waals surface area contributed by atoms with Crippen LogP contribution in [0.3, 0.4) is 0 Å². The molecule has 1 amide bonds. The van der Waals surface area contributed by atoms with E-state index in [4.69, 9.17) is 4.74 Å². The van der Waals surface area contributed by atoms with Crippen molar-refractivity contribution in [3.63, 3.8) is 0 Å². The Morgan fingerprint density at radius 3 is 2.61 bits per heavy atom. The predicted octanol–water partition coefficient (Wildman–Crippen LogP) is 2.06. The Hall–Kier alpha value is -2.37. The Kier molecular flexibility index (Phi) is 6.14. The lowest BCUT2D eigenvalue weighted by Crippen LogP contribution is -2.42. The van der Waals surface area contributed by atoms with Crippen LogP contribution in [0.1, 0.15) is 26.3 Å². The molecule has 1 aromatic carbocycles. The Balaban J connectivity index is 1.90. The highest BCUT2D eigenvalue weighted by molar-refractivity contribution is 5.78. The summed E-state index contributed by atoms with van der Waals surface area (Å²) in [6.07, 6.45) is 3.79. The molecule has 0 aliphatic carbocycles. The lowest BCUT2D eigenvalue weighted by molar-refractivity contribution is -0.121. The van der Waals surface area contributed by atoms with Gasteiger partial charge in [-0.15, -0.1) is 5.10 Å². The number of hydrogen-bond donors (Lipinski definition) is 1. The molecule has 6 heteroatoms. The van der Waals surface area contributed by atoms with Crippen LogP contribution in [-0.4, -0.2) is 33.5 Å². The number of rotatable bonds is 8. The monoisotopic (exact) mass is 316 g/mol. The number of aromatic nitrogens is 3. The van der Waals surface area contributed by atoms with Gasteiger partial charge in [0, 0.05) is 6.20 Å². The number of nitrogens with one attached hydrogen (secondary N) is 1. The van der Waals surface area contributed by atoms with Crippen LogP contribution in [0.5, 0.6) is 5.75 Å². The van der Waals surface area contributed by atoms with Gasteiger partial charge in [0.15, 0.2) is 0 Å². The molecule has 1 atom stereocenters. The lowest BCUT2D eigenvalue weighted by atomic mass is 10.0. The molecule has 0 aliphatic rings. The molecule has 0 radical (unpaired) electrons. The molecule has 1 heterocycles. The number of carbonyl (C=O) groups is 1. The van der Waals surface area contributed by atoms with Crippen LogP contribution >= 0.6 is 0 Å². The van der Waals surface area contributed by atoms with Gasteiger partial charge in [0.2, 0.25) is 5.91 Å². The maximum Gasteiger partial charge on any atom is 0.224 e. The molecule has 0 bridgehead atoms. The SMILES string of the molecule is CCOc1ccc(CC(=O)N[C@@H](Cn2ccnn2)C(C)C)cc1. The van der Waals surface area contributed by atoms with E-state index in [0.29, 0.717) is 25.5 Å². The Morgan fingerprint density at radius 2 is 2.04 bits per heavy atom. The zero-order chi connectivity index (χ0) is 16.7. The summed E-state index contributed by atoms with van der Waals surface area (Å²) in [5.41, 5.74) is 0.967. The van der Waals surface area contributed by atoms with Crippen molar-refractivity contribution in [2.75, 3.05) is 6.61 Å². The molecular formula is C17H24N4O2. The zero-order valence-electron chi connectivity index (χ0n) is 13.9. The second-order valence-corrected chi connectivity index (χ2v) is 5.80. The zero-order valence-corrected chi connectivity index (χ0v) is 13.9.